The molecule has 1 amide bonds. The van der Waals surface area contributed by atoms with E-state index in [9.17, 15) is 4.79 Å². The van der Waals surface area contributed by atoms with Gasteiger partial charge >= 0.3 is 6.09 Å². The topological polar surface area (TPSA) is 64.1 Å². The fourth-order valence-electron chi connectivity index (χ4n) is 4.23. The molecule has 1 aromatic carbocycles. The van der Waals surface area contributed by atoms with Crippen molar-refractivity contribution in [3.05, 3.63) is 53.9 Å². The predicted octanol–water partition coefficient (Wildman–Crippen LogP) is 2.35. The van der Waals surface area contributed by atoms with E-state index in [1.165, 1.54) is 5.56 Å². The highest BCUT2D eigenvalue weighted by Gasteiger charge is 2.50. The summed E-state index contributed by atoms with van der Waals surface area (Å²) < 4.78 is 16.4. The van der Waals surface area contributed by atoms with Crippen LogP contribution in [0.2, 0.25) is 0 Å². The maximum absolute atomic E-state index is 12.3. The number of piperazine rings is 1. The van der Waals surface area contributed by atoms with Gasteiger partial charge < -0.3 is 14.2 Å². The van der Waals surface area contributed by atoms with Gasteiger partial charge in [-0.1, -0.05) is 30.3 Å². The van der Waals surface area contributed by atoms with Gasteiger partial charge in [0.2, 0.25) is 0 Å². The molecule has 0 N–H and O–H groups in total. The highest BCUT2D eigenvalue weighted by atomic mass is 16.6. The van der Waals surface area contributed by atoms with Crippen LogP contribution >= 0.6 is 0 Å². The van der Waals surface area contributed by atoms with E-state index >= 15 is 0 Å². The van der Waals surface area contributed by atoms with E-state index in [-0.39, 0.29) is 11.6 Å². The first-order valence-corrected chi connectivity index (χ1v) is 9.42. The molecule has 28 heavy (non-hydrogen) atoms. The zero-order valence-electron chi connectivity index (χ0n) is 16.3. The lowest BCUT2D eigenvalue weighted by Gasteiger charge is -2.44. The summed E-state index contributed by atoms with van der Waals surface area (Å²) in [6.45, 7) is 3.14. The molecule has 2 aliphatic rings. The summed E-state index contributed by atoms with van der Waals surface area (Å²) in [7, 11) is 3.25. The van der Waals surface area contributed by atoms with Crippen molar-refractivity contribution in [2.75, 3.05) is 40.5 Å². The lowest BCUT2D eigenvalue weighted by Crippen LogP contribution is -2.62. The standard InChI is InChI=1S/C21H25N3O4/c1-26-18-8-9-22-17(19(18)27-2)13-23-10-11-24-20(25)28-15-21(24,14-23)12-16-6-4-3-5-7-16/h3-9H,10-15H2,1-2H3. The summed E-state index contributed by atoms with van der Waals surface area (Å²) in [5.41, 5.74) is 1.67. The van der Waals surface area contributed by atoms with E-state index in [0.717, 1.165) is 25.2 Å². The number of fused-ring (bicyclic) bond motifs is 1. The normalized spacial score (nSPS) is 21.9. The molecule has 4 rings (SSSR count). The van der Waals surface area contributed by atoms with E-state index < -0.39 is 0 Å². The Kier molecular flexibility index (Phi) is 5.09. The quantitative estimate of drug-likeness (QED) is 0.763. The first kappa shape index (κ1) is 18.6. The molecular formula is C21H25N3O4. The largest absolute Gasteiger partial charge is 0.493 e. The fourth-order valence-corrected chi connectivity index (χ4v) is 4.23. The van der Waals surface area contributed by atoms with Crippen LogP contribution in [0, 0.1) is 0 Å². The Morgan fingerprint density at radius 1 is 1.14 bits per heavy atom. The van der Waals surface area contributed by atoms with Crippen LogP contribution in [-0.4, -0.2) is 66.9 Å². The molecule has 1 atom stereocenters. The van der Waals surface area contributed by atoms with Crippen molar-refractivity contribution in [2.45, 2.75) is 18.5 Å². The number of rotatable bonds is 6. The lowest BCUT2D eigenvalue weighted by molar-refractivity contribution is 0.0465. The maximum Gasteiger partial charge on any atom is 0.410 e. The number of hydrogen-bond acceptors (Lipinski definition) is 6. The highest BCUT2D eigenvalue weighted by molar-refractivity contribution is 5.71. The van der Waals surface area contributed by atoms with Gasteiger partial charge in [0.25, 0.3) is 0 Å². The third kappa shape index (κ3) is 3.38. The van der Waals surface area contributed by atoms with Crippen molar-refractivity contribution in [1.82, 2.24) is 14.8 Å². The van der Waals surface area contributed by atoms with E-state index in [1.54, 1.807) is 26.5 Å². The Labute approximate surface area is 164 Å². The number of nitrogens with zero attached hydrogens (tertiary/aromatic N) is 3. The molecule has 0 spiro atoms. The van der Waals surface area contributed by atoms with Crippen LogP contribution < -0.4 is 9.47 Å². The van der Waals surface area contributed by atoms with E-state index in [4.69, 9.17) is 14.2 Å². The summed E-state index contributed by atoms with van der Waals surface area (Å²) in [6.07, 6.45) is 2.28. The van der Waals surface area contributed by atoms with Crippen LogP contribution in [-0.2, 0) is 17.7 Å². The molecule has 2 aromatic rings. The number of methoxy groups -OCH3 is 2. The van der Waals surface area contributed by atoms with Crippen LogP contribution in [0.25, 0.3) is 0 Å². The number of pyridine rings is 1. The second-order valence-corrected chi connectivity index (χ2v) is 7.30. The number of ether oxygens (including phenoxy) is 3. The average Bonchev–Trinajstić information content (AvgIpc) is 3.04. The fraction of sp³-hybridized carbons (Fsp3) is 0.429. The second-order valence-electron chi connectivity index (χ2n) is 7.30. The van der Waals surface area contributed by atoms with Gasteiger partial charge in [-0.3, -0.25) is 14.8 Å². The Morgan fingerprint density at radius 3 is 2.71 bits per heavy atom. The highest BCUT2D eigenvalue weighted by Crippen LogP contribution is 2.35. The number of carbonyl (C=O) groups excluding carboxylic acids is 1. The van der Waals surface area contributed by atoms with Gasteiger partial charge in [-0.05, 0) is 5.56 Å². The summed E-state index contributed by atoms with van der Waals surface area (Å²) >= 11 is 0. The monoisotopic (exact) mass is 383 g/mol. The smallest absolute Gasteiger partial charge is 0.410 e. The van der Waals surface area contributed by atoms with Crippen molar-refractivity contribution in [2.24, 2.45) is 0 Å². The van der Waals surface area contributed by atoms with Crippen LogP contribution in [0.3, 0.4) is 0 Å². The van der Waals surface area contributed by atoms with Gasteiger partial charge in [0.15, 0.2) is 11.5 Å². The van der Waals surface area contributed by atoms with Crippen molar-refractivity contribution in [1.29, 1.82) is 0 Å². The molecule has 2 fully saturated rings. The number of carbonyl (C=O) groups is 1. The van der Waals surface area contributed by atoms with Gasteiger partial charge in [0.05, 0.1) is 19.8 Å². The lowest BCUT2D eigenvalue weighted by atomic mass is 9.88. The molecule has 2 saturated heterocycles. The SMILES string of the molecule is COc1ccnc(CN2CCN3C(=O)OCC3(Cc3ccccc3)C2)c1OC. The Balaban J connectivity index is 1.57. The van der Waals surface area contributed by atoms with E-state index in [2.05, 4.69) is 22.0 Å². The molecule has 7 heteroatoms. The van der Waals surface area contributed by atoms with Crippen LogP contribution in [0.5, 0.6) is 11.5 Å². The number of hydrogen-bond donors (Lipinski definition) is 0. The van der Waals surface area contributed by atoms with Crippen LogP contribution in [0.15, 0.2) is 42.6 Å². The van der Waals surface area contributed by atoms with Crippen molar-refractivity contribution >= 4 is 6.09 Å². The van der Waals surface area contributed by atoms with Crippen molar-refractivity contribution in [3.63, 3.8) is 0 Å². The average molecular weight is 383 g/mol. The second kappa shape index (κ2) is 7.67. The zero-order valence-corrected chi connectivity index (χ0v) is 16.3. The first-order chi connectivity index (χ1) is 13.6. The Bertz CT molecular complexity index is 845. The molecule has 1 unspecified atom stereocenters. The third-order valence-electron chi connectivity index (χ3n) is 5.53. The van der Waals surface area contributed by atoms with Crippen LogP contribution in [0.4, 0.5) is 4.79 Å². The van der Waals surface area contributed by atoms with E-state index in [1.807, 2.05) is 23.1 Å². The van der Waals surface area contributed by atoms with Gasteiger partial charge in [-0.2, -0.15) is 0 Å². The number of aromatic nitrogens is 1. The minimum atomic E-state index is -0.358. The molecule has 3 heterocycles. The molecule has 0 aliphatic carbocycles. The molecule has 0 saturated carbocycles. The first-order valence-electron chi connectivity index (χ1n) is 9.42. The van der Waals surface area contributed by atoms with Gasteiger partial charge in [-0.25, -0.2) is 4.79 Å². The summed E-state index contributed by atoms with van der Waals surface area (Å²) in [5, 5.41) is 0. The summed E-state index contributed by atoms with van der Waals surface area (Å²) in [6, 6.07) is 12.0. The molecule has 0 bridgehead atoms. The third-order valence-corrected chi connectivity index (χ3v) is 5.53. The molecule has 2 aliphatic heterocycles. The number of amides is 1. The van der Waals surface area contributed by atoms with Gasteiger partial charge in [0.1, 0.15) is 12.3 Å². The number of cyclic esters (lactones) is 1. The zero-order chi connectivity index (χ0) is 19.6. The molecule has 0 radical (unpaired) electrons. The van der Waals surface area contributed by atoms with Gasteiger partial charge in [-0.15, -0.1) is 0 Å². The van der Waals surface area contributed by atoms with Crippen LogP contribution in [0.1, 0.15) is 11.3 Å². The predicted molar refractivity (Wildman–Crippen MR) is 104 cm³/mol. The Morgan fingerprint density at radius 2 is 1.96 bits per heavy atom. The van der Waals surface area contributed by atoms with E-state index in [0.29, 0.717) is 31.2 Å². The molecule has 148 valence electrons. The minimum absolute atomic E-state index is 0.215. The summed E-state index contributed by atoms with van der Waals surface area (Å²) in [4.78, 5) is 21.0. The molecular weight excluding hydrogens is 358 g/mol. The Hall–Kier alpha value is -2.80. The summed E-state index contributed by atoms with van der Waals surface area (Å²) in [5.74, 6) is 1.33. The maximum atomic E-state index is 12.3. The molecule has 7 nitrogen and oxygen atoms in total. The van der Waals surface area contributed by atoms with Crippen molar-refractivity contribution < 1.29 is 19.0 Å². The number of benzene rings is 1. The molecule has 1 aromatic heterocycles. The minimum Gasteiger partial charge on any atom is -0.493 e. The van der Waals surface area contributed by atoms with Gasteiger partial charge in [0, 0.05) is 44.9 Å². The van der Waals surface area contributed by atoms with Crippen molar-refractivity contribution in [3.8, 4) is 11.5 Å².